The van der Waals surface area contributed by atoms with Crippen LogP contribution in [0.1, 0.15) is 22.3 Å². The van der Waals surface area contributed by atoms with E-state index in [0.29, 0.717) is 45.7 Å². The van der Waals surface area contributed by atoms with Gasteiger partial charge in [0.25, 0.3) is 11.8 Å². The Morgan fingerprint density at radius 2 is 1.68 bits per heavy atom. The first kappa shape index (κ1) is 28.4. The number of rotatable bonds is 8. The van der Waals surface area contributed by atoms with Crippen molar-refractivity contribution in [2.45, 2.75) is 20.3 Å². The van der Waals surface area contributed by atoms with Gasteiger partial charge in [-0.25, -0.2) is 0 Å². The van der Waals surface area contributed by atoms with Crippen molar-refractivity contribution in [1.29, 1.82) is 0 Å². The molecule has 0 atom stereocenters. The van der Waals surface area contributed by atoms with Gasteiger partial charge < -0.3 is 14.8 Å². The summed E-state index contributed by atoms with van der Waals surface area (Å²) in [5.74, 6) is 0.177. The molecule has 2 aliphatic rings. The van der Waals surface area contributed by atoms with Crippen LogP contribution in [-0.2, 0) is 20.8 Å². The number of hydrogen-bond donors (Lipinski definition) is 1. The summed E-state index contributed by atoms with van der Waals surface area (Å²) >= 11 is 6.68. The van der Waals surface area contributed by atoms with Crippen LogP contribution >= 0.6 is 24.0 Å². The second-order valence-corrected chi connectivity index (χ2v) is 11.4. The Balaban J connectivity index is 1.36. The zero-order valence-electron chi connectivity index (χ0n) is 23.1. The first-order valence-electron chi connectivity index (χ1n) is 13.0. The van der Waals surface area contributed by atoms with Gasteiger partial charge in [0.05, 0.1) is 30.4 Å². The Morgan fingerprint density at radius 3 is 2.41 bits per heavy atom. The lowest BCUT2D eigenvalue weighted by molar-refractivity contribution is -0.122. The highest BCUT2D eigenvalue weighted by Crippen LogP contribution is 2.44. The van der Waals surface area contributed by atoms with Gasteiger partial charge in [-0.3, -0.25) is 24.2 Å². The molecule has 8 nitrogen and oxygen atoms in total. The molecule has 1 N–H and O–H groups in total. The van der Waals surface area contributed by atoms with Gasteiger partial charge in [-0.2, -0.15) is 0 Å². The molecule has 3 amide bonds. The molecular weight excluding hydrogens is 558 g/mol. The Hall–Kier alpha value is -4.15. The van der Waals surface area contributed by atoms with E-state index < -0.39 is 5.91 Å². The van der Waals surface area contributed by atoms with Crippen molar-refractivity contribution in [3.8, 4) is 11.5 Å². The second-order valence-electron chi connectivity index (χ2n) is 9.74. The molecular formula is C31H29N3O5S2. The summed E-state index contributed by atoms with van der Waals surface area (Å²) < 4.78 is 11.1. The number of para-hydroxylation sites is 1. The van der Waals surface area contributed by atoms with E-state index in [4.69, 9.17) is 21.7 Å². The number of fused-ring (bicyclic) bond motifs is 1. The van der Waals surface area contributed by atoms with Gasteiger partial charge in [0.1, 0.15) is 10.9 Å². The summed E-state index contributed by atoms with van der Waals surface area (Å²) in [5, 5.41) is 2.90. The van der Waals surface area contributed by atoms with E-state index in [1.165, 1.54) is 9.80 Å². The molecule has 1 saturated heterocycles. The number of benzene rings is 3. The quantitative estimate of drug-likeness (QED) is 0.289. The third-order valence-electron chi connectivity index (χ3n) is 7.03. The van der Waals surface area contributed by atoms with Crippen molar-refractivity contribution in [3.63, 3.8) is 0 Å². The molecule has 0 unspecified atom stereocenters. The van der Waals surface area contributed by atoms with Gasteiger partial charge in [-0.15, -0.1) is 0 Å². The lowest BCUT2D eigenvalue weighted by Crippen LogP contribution is -2.36. The van der Waals surface area contributed by atoms with Gasteiger partial charge in [0.15, 0.2) is 11.5 Å². The molecule has 2 aliphatic heterocycles. The van der Waals surface area contributed by atoms with Crippen LogP contribution in [0.5, 0.6) is 11.5 Å². The molecule has 0 saturated carbocycles. The van der Waals surface area contributed by atoms with Crippen molar-refractivity contribution < 1.29 is 23.9 Å². The molecule has 41 heavy (non-hydrogen) atoms. The van der Waals surface area contributed by atoms with Crippen LogP contribution in [0.4, 0.5) is 11.4 Å². The predicted molar refractivity (Wildman–Crippen MR) is 165 cm³/mol. The number of nitrogens with one attached hydrogen (secondary N) is 1. The molecule has 2 heterocycles. The first-order valence-corrected chi connectivity index (χ1v) is 14.2. The zero-order valence-corrected chi connectivity index (χ0v) is 24.8. The first-order chi connectivity index (χ1) is 19.7. The molecule has 210 valence electrons. The number of methoxy groups -OCH3 is 2. The minimum absolute atomic E-state index is 0.188. The largest absolute Gasteiger partial charge is 0.493 e. The fourth-order valence-electron chi connectivity index (χ4n) is 4.96. The lowest BCUT2D eigenvalue weighted by Gasteiger charge is -2.17. The molecule has 0 spiro atoms. The topological polar surface area (TPSA) is 88.2 Å². The number of carbonyl (C=O) groups is 3. The molecule has 10 heteroatoms. The number of thiocarbonyl (C=S) groups is 1. The van der Waals surface area contributed by atoms with Crippen LogP contribution in [0.3, 0.4) is 0 Å². The van der Waals surface area contributed by atoms with Gasteiger partial charge in [0.2, 0.25) is 5.91 Å². The van der Waals surface area contributed by atoms with Crippen LogP contribution in [0.25, 0.3) is 5.57 Å². The maximum Gasteiger partial charge on any atom is 0.267 e. The van der Waals surface area contributed by atoms with Crippen LogP contribution < -0.4 is 19.7 Å². The third-order valence-corrected chi connectivity index (χ3v) is 8.48. The molecule has 0 aliphatic carbocycles. The summed E-state index contributed by atoms with van der Waals surface area (Å²) in [7, 11) is 3.15. The number of anilines is 2. The molecule has 0 bridgehead atoms. The van der Waals surface area contributed by atoms with Crippen LogP contribution in [0.2, 0.25) is 0 Å². The standard InChI is InChI=1S/C31H29N3O5S2/c1-18-9-11-22(19(2)15-18)32-26(35)17-34-23-8-6-5-7-21(23)27(29(34)36)28-30(37)33(31(40)41-28)14-13-20-10-12-24(38-3)25(16-20)39-4/h5-12,15-16H,13-14,17H2,1-4H3,(H,32,35)/b28-27-. The van der Waals surface area contributed by atoms with Crippen molar-refractivity contribution >= 4 is 63.0 Å². The van der Waals surface area contributed by atoms with Gasteiger partial charge >= 0.3 is 0 Å². The van der Waals surface area contributed by atoms with E-state index in [9.17, 15) is 14.4 Å². The van der Waals surface area contributed by atoms with Gasteiger partial charge in [-0.05, 0) is 55.7 Å². The smallest absolute Gasteiger partial charge is 0.267 e. The van der Waals surface area contributed by atoms with Crippen molar-refractivity contribution in [2.75, 3.05) is 37.5 Å². The highest BCUT2D eigenvalue weighted by atomic mass is 32.2. The number of nitrogens with zero attached hydrogens (tertiary/aromatic N) is 2. The highest BCUT2D eigenvalue weighted by molar-refractivity contribution is 8.26. The monoisotopic (exact) mass is 587 g/mol. The minimum atomic E-state index is -0.401. The molecule has 0 aromatic heterocycles. The molecule has 5 rings (SSSR count). The van der Waals surface area contributed by atoms with Gasteiger partial charge in [0, 0.05) is 17.8 Å². The fraction of sp³-hybridized carbons (Fsp3) is 0.226. The SMILES string of the molecule is COc1ccc(CCN2C(=O)/C(=C3/C(=O)N(CC(=O)Nc4ccc(C)cc4C)c4ccccc43)SC2=S)cc1OC. The maximum atomic E-state index is 13.8. The second kappa shape index (κ2) is 11.8. The number of amides is 3. The van der Waals surface area contributed by atoms with Crippen molar-refractivity contribution in [3.05, 3.63) is 87.8 Å². The number of ether oxygens (including phenoxy) is 2. The highest BCUT2D eigenvalue weighted by Gasteiger charge is 2.42. The summed E-state index contributed by atoms with van der Waals surface area (Å²) in [6.07, 6.45) is 0.532. The maximum absolute atomic E-state index is 13.8. The van der Waals surface area contributed by atoms with E-state index in [1.807, 2.05) is 56.3 Å². The molecule has 1 fully saturated rings. The van der Waals surface area contributed by atoms with E-state index in [0.717, 1.165) is 28.5 Å². The van der Waals surface area contributed by atoms with Gasteiger partial charge in [-0.1, -0.05) is 65.9 Å². The number of carbonyl (C=O) groups excluding carboxylic acids is 3. The number of thioether (sulfide) groups is 1. The number of hydrogen-bond acceptors (Lipinski definition) is 7. The van der Waals surface area contributed by atoms with E-state index >= 15 is 0 Å². The Kier molecular flexibility index (Phi) is 8.14. The van der Waals surface area contributed by atoms with E-state index in [-0.39, 0.29) is 28.8 Å². The summed E-state index contributed by atoms with van der Waals surface area (Å²) in [5.41, 5.74) is 5.13. The Labute approximate surface area is 248 Å². The fourth-order valence-corrected chi connectivity index (χ4v) is 6.34. The lowest BCUT2D eigenvalue weighted by atomic mass is 10.1. The van der Waals surface area contributed by atoms with Crippen LogP contribution in [-0.4, -0.2) is 54.3 Å². The average Bonchev–Trinajstić information content (AvgIpc) is 3.39. The Morgan fingerprint density at radius 1 is 0.927 bits per heavy atom. The average molecular weight is 588 g/mol. The normalized spacial score (nSPS) is 16.3. The summed E-state index contributed by atoms with van der Waals surface area (Å²) in [6.45, 7) is 4.06. The number of aryl methyl sites for hydroxylation is 2. The van der Waals surface area contributed by atoms with Crippen molar-refractivity contribution in [2.24, 2.45) is 0 Å². The zero-order chi connectivity index (χ0) is 29.3. The molecule has 3 aromatic carbocycles. The molecule has 0 radical (unpaired) electrons. The summed E-state index contributed by atoms with van der Waals surface area (Å²) in [4.78, 5) is 43.6. The molecule has 3 aromatic rings. The third kappa shape index (κ3) is 5.57. The van der Waals surface area contributed by atoms with Crippen molar-refractivity contribution in [1.82, 2.24) is 4.90 Å². The minimum Gasteiger partial charge on any atom is -0.493 e. The van der Waals surface area contributed by atoms with Crippen LogP contribution in [0.15, 0.2) is 65.6 Å². The van der Waals surface area contributed by atoms with E-state index in [2.05, 4.69) is 5.32 Å². The summed E-state index contributed by atoms with van der Waals surface area (Å²) in [6, 6.07) is 18.5. The van der Waals surface area contributed by atoms with Crippen LogP contribution in [0, 0.1) is 13.8 Å². The van der Waals surface area contributed by atoms with E-state index in [1.54, 1.807) is 32.4 Å². The Bertz CT molecular complexity index is 1620. The predicted octanol–water partition coefficient (Wildman–Crippen LogP) is 5.12.